The van der Waals surface area contributed by atoms with Crippen LogP contribution in [-0.4, -0.2) is 41.2 Å². The molecular weight excluding hydrogens is 366 g/mol. The van der Waals surface area contributed by atoms with Crippen molar-refractivity contribution in [3.63, 3.8) is 0 Å². The van der Waals surface area contributed by atoms with E-state index in [9.17, 15) is 0 Å². The van der Waals surface area contributed by atoms with Crippen LogP contribution in [0.3, 0.4) is 0 Å². The Balaban J connectivity index is 1.58. The quantitative estimate of drug-likeness (QED) is 0.743. The molecule has 5 heteroatoms. The van der Waals surface area contributed by atoms with Crippen LogP contribution in [0.1, 0.15) is 25.5 Å². The second-order valence-corrected chi connectivity index (χ2v) is 7.17. The van der Waals surface area contributed by atoms with E-state index >= 15 is 0 Å². The van der Waals surface area contributed by atoms with Gasteiger partial charge in [-0.1, -0.05) is 28.1 Å². The summed E-state index contributed by atoms with van der Waals surface area (Å²) in [6, 6.07) is 10.2. The minimum Gasteiger partial charge on any atom is -0.381 e. The zero-order chi connectivity index (χ0) is 16.8. The highest BCUT2D eigenvalue weighted by atomic mass is 79.9. The second-order valence-electron chi connectivity index (χ2n) is 6.26. The zero-order valence-electron chi connectivity index (χ0n) is 14.1. The lowest BCUT2D eigenvalue weighted by Crippen LogP contribution is -2.34. The molecule has 0 unspecified atom stereocenters. The van der Waals surface area contributed by atoms with E-state index in [0.29, 0.717) is 5.92 Å². The predicted octanol–water partition coefficient (Wildman–Crippen LogP) is 4.15. The Bertz CT molecular complexity index is 639. The molecule has 1 fully saturated rings. The van der Waals surface area contributed by atoms with E-state index < -0.39 is 0 Å². The highest BCUT2D eigenvalue weighted by Gasteiger charge is 2.19. The minimum atomic E-state index is 0.713. The molecule has 128 valence electrons. The summed E-state index contributed by atoms with van der Waals surface area (Å²) in [7, 11) is 0. The summed E-state index contributed by atoms with van der Waals surface area (Å²) in [5.41, 5.74) is 2.14. The first-order valence-corrected chi connectivity index (χ1v) is 9.42. The number of benzene rings is 1. The van der Waals surface area contributed by atoms with Crippen molar-refractivity contribution in [2.24, 2.45) is 5.92 Å². The third-order valence-electron chi connectivity index (χ3n) is 4.47. The molecule has 4 nitrogen and oxygen atoms in total. The van der Waals surface area contributed by atoms with Crippen molar-refractivity contribution >= 4 is 15.9 Å². The smallest absolute Gasteiger partial charge is 0.159 e. The van der Waals surface area contributed by atoms with Gasteiger partial charge in [-0.05, 0) is 57.0 Å². The van der Waals surface area contributed by atoms with E-state index in [1.807, 2.05) is 36.5 Å². The van der Waals surface area contributed by atoms with Crippen molar-refractivity contribution in [2.45, 2.75) is 26.3 Å². The fraction of sp³-hybridized carbons (Fsp3) is 0.474. The molecule has 1 aliphatic heterocycles. The molecule has 1 aromatic carbocycles. The van der Waals surface area contributed by atoms with Crippen LogP contribution in [0, 0.1) is 5.92 Å². The summed E-state index contributed by atoms with van der Waals surface area (Å²) >= 11 is 3.46. The number of rotatable bonds is 6. The number of likely N-dealkylation sites (tertiary alicyclic amines) is 1. The molecule has 0 spiro atoms. The van der Waals surface area contributed by atoms with Crippen molar-refractivity contribution in [3.05, 3.63) is 46.7 Å². The van der Waals surface area contributed by atoms with Gasteiger partial charge in [0.05, 0.1) is 5.69 Å². The summed E-state index contributed by atoms with van der Waals surface area (Å²) in [6.45, 7) is 6.93. The summed E-state index contributed by atoms with van der Waals surface area (Å²) < 4.78 is 6.62. The first-order chi connectivity index (χ1) is 11.7. The van der Waals surface area contributed by atoms with E-state index in [1.165, 1.54) is 12.8 Å². The molecule has 2 aromatic rings. The maximum Gasteiger partial charge on any atom is 0.159 e. The highest BCUT2D eigenvalue weighted by Crippen LogP contribution is 2.21. The fourth-order valence-electron chi connectivity index (χ4n) is 3.05. The standard InChI is InChI=1S/C19H24BrN3O/c1-2-24-14-15-8-11-23(12-9-15)13-18-7-10-21-19(22-18)16-3-5-17(20)6-4-16/h3-7,10,15H,2,8-9,11-14H2,1H3. The number of piperidine rings is 1. The Morgan fingerprint density at radius 1 is 1.17 bits per heavy atom. The van der Waals surface area contributed by atoms with Crippen LogP contribution >= 0.6 is 15.9 Å². The molecule has 2 heterocycles. The lowest BCUT2D eigenvalue weighted by molar-refractivity contribution is 0.0720. The van der Waals surface area contributed by atoms with Gasteiger partial charge in [0.15, 0.2) is 5.82 Å². The molecular formula is C19H24BrN3O. The highest BCUT2D eigenvalue weighted by molar-refractivity contribution is 9.10. The maximum absolute atomic E-state index is 5.56. The molecule has 0 amide bonds. The van der Waals surface area contributed by atoms with Gasteiger partial charge in [-0.25, -0.2) is 9.97 Å². The van der Waals surface area contributed by atoms with Gasteiger partial charge in [-0.15, -0.1) is 0 Å². The summed E-state index contributed by atoms with van der Waals surface area (Å²) in [4.78, 5) is 11.6. The zero-order valence-corrected chi connectivity index (χ0v) is 15.7. The van der Waals surface area contributed by atoms with Crippen molar-refractivity contribution in [1.82, 2.24) is 14.9 Å². The normalized spacial score (nSPS) is 16.4. The van der Waals surface area contributed by atoms with E-state index in [4.69, 9.17) is 9.72 Å². The Labute approximate surface area is 152 Å². The average molecular weight is 390 g/mol. The van der Waals surface area contributed by atoms with Gasteiger partial charge in [0.25, 0.3) is 0 Å². The minimum absolute atomic E-state index is 0.713. The average Bonchev–Trinajstić information content (AvgIpc) is 2.62. The first kappa shape index (κ1) is 17.5. The monoisotopic (exact) mass is 389 g/mol. The number of nitrogens with zero attached hydrogens (tertiary/aromatic N) is 3. The third kappa shape index (κ3) is 4.85. The molecule has 24 heavy (non-hydrogen) atoms. The first-order valence-electron chi connectivity index (χ1n) is 8.62. The molecule has 0 N–H and O–H groups in total. The largest absolute Gasteiger partial charge is 0.381 e. The Kier molecular flexibility index (Phi) is 6.35. The van der Waals surface area contributed by atoms with Gasteiger partial charge in [0.1, 0.15) is 0 Å². The fourth-order valence-corrected chi connectivity index (χ4v) is 3.31. The van der Waals surface area contributed by atoms with E-state index in [1.54, 1.807) is 0 Å². The molecule has 1 aromatic heterocycles. The van der Waals surface area contributed by atoms with Crippen LogP contribution in [-0.2, 0) is 11.3 Å². The molecule has 0 saturated carbocycles. The molecule has 0 radical (unpaired) electrons. The summed E-state index contributed by atoms with van der Waals surface area (Å²) in [5.74, 6) is 1.51. The molecule has 1 aliphatic rings. The van der Waals surface area contributed by atoms with Gasteiger partial charge in [0.2, 0.25) is 0 Å². The predicted molar refractivity (Wildman–Crippen MR) is 99.7 cm³/mol. The van der Waals surface area contributed by atoms with E-state index in [-0.39, 0.29) is 0 Å². The van der Waals surface area contributed by atoms with Gasteiger partial charge in [-0.3, -0.25) is 4.90 Å². The number of hydrogen-bond donors (Lipinski definition) is 0. The number of ether oxygens (including phenoxy) is 1. The van der Waals surface area contributed by atoms with Gasteiger partial charge in [-0.2, -0.15) is 0 Å². The lowest BCUT2D eigenvalue weighted by atomic mass is 9.98. The van der Waals surface area contributed by atoms with Crippen LogP contribution < -0.4 is 0 Å². The maximum atomic E-state index is 5.56. The Morgan fingerprint density at radius 3 is 2.62 bits per heavy atom. The van der Waals surface area contributed by atoms with Gasteiger partial charge in [0, 0.05) is 36.0 Å². The molecule has 3 rings (SSSR count). The summed E-state index contributed by atoms with van der Waals surface area (Å²) in [5, 5.41) is 0. The van der Waals surface area contributed by atoms with Crippen molar-refractivity contribution in [1.29, 1.82) is 0 Å². The Hall–Kier alpha value is -1.30. The van der Waals surface area contributed by atoms with Crippen LogP contribution in [0.4, 0.5) is 0 Å². The molecule has 0 atom stereocenters. The van der Waals surface area contributed by atoms with Crippen molar-refractivity contribution in [2.75, 3.05) is 26.3 Å². The van der Waals surface area contributed by atoms with E-state index in [0.717, 1.165) is 54.4 Å². The van der Waals surface area contributed by atoms with Gasteiger partial charge >= 0.3 is 0 Å². The molecule has 1 saturated heterocycles. The van der Waals surface area contributed by atoms with Gasteiger partial charge < -0.3 is 4.74 Å². The third-order valence-corrected chi connectivity index (χ3v) is 4.99. The number of halogens is 1. The molecule has 0 aliphatic carbocycles. The Morgan fingerprint density at radius 2 is 1.92 bits per heavy atom. The van der Waals surface area contributed by atoms with Crippen LogP contribution in [0.15, 0.2) is 41.0 Å². The van der Waals surface area contributed by atoms with Crippen molar-refractivity contribution < 1.29 is 4.74 Å². The lowest BCUT2D eigenvalue weighted by Gasteiger charge is -2.31. The van der Waals surface area contributed by atoms with Crippen molar-refractivity contribution in [3.8, 4) is 11.4 Å². The number of hydrogen-bond acceptors (Lipinski definition) is 4. The molecule has 0 bridgehead atoms. The second kappa shape index (κ2) is 8.70. The topological polar surface area (TPSA) is 38.2 Å². The van der Waals surface area contributed by atoms with Crippen LogP contribution in [0.25, 0.3) is 11.4 Å². The van der Waals surface area contributed by atoms with E-state index in [2.05, 4.69) is 32.7 Å². The number of aromatic nitrogens is 2. The van der Waals surface area contributed by atoms with Crippen LogP contribution in [0.2, 0.25) is 0 Å². The summed E-state index contributed by atoms with van der Waals surface area (Å²) in [6.07, 6.45) is 4.29. The SMILES string of the molecule is CCOCC1CCN(Cc2ccnc(-c3ccc(Br)cc3)n2)CC1. The van der Waals surface area contributed by atoms with Crippen LogP contribution in [0.5, 0.6) is 0 Å².